The molecule has 2 fully saturated rings. The van der Waals surface area contributed by atoms with Crippen LogP contribution in [-0.4, -0.2) is 59.1 Å². The van der Waals surface area contributed by atoms with E-state index in [4.69, 9.17) is 4.74 Å². The zero-order chi connectivity index (χ0) is 16.4. The number of amides is 1. The van der Waals surface area contributed by atoms with Gasteiger partial charge in [0.1, 0.15) is 0 Å². The third-order valence-corrected chi connectivity index (χ3v) is 6.15. The number of likely N-dealkylation sites (tertiary alicyclic amines) is 1. The van der Waals surface area contributed by atoms with E-state index in [1.807, 2.05) is 11.9 Å². The second-order valence-electron chi connectivity index (χ2n) is 6.94. The number of aryl methyl sites for hydroxylation is 1. The lowest BCUT2D eigenvalue weighted by Crippen LogP contribution is -2.53. The Labute approximate surface area is 142 Å². The van der Waals surface area contributed by atoms with E-state index >= 15 is 0 Å². The van der Waals surface area contributed by atoms with Crippen molar-refractivity contribution in [1.82, 2.24) is 14.8 Å². The summed E-state index contributed by atoms with van der Waals surface area (Å²) >= 11 is 1.72. The molecule has 0 N–H and O–H groups in total. The van der Waals surface area contributed by atoms with Gasteiger partial charge in [-0.3, -0.25) is 9.69 Å². The first-order valence-corrected chi connectivity index (χ1v) is 9.36. The number of rotatable bonds is 3. The Morgan fingerprint density at radius 2 is 2.26 bits per heavy atom. The quantitative estimate of drug-likeness (QED) is 0.850. The Morgan fingerprint density at radius 1 is 1.52 bits per heavy atom. The minimum absolute atomic E-state index is 0.0267. The van der Waals surface area contributed by atoms with E-state index in [1.54, 1.807) is 18.3 Å². The summed E-state index contributed by atoms with van der Waals surface area (Å²) in [6.45, 7) is 7.52. The maximum atomic E-state index is 11.6. The van der Waals surface area contributed by atoms with Crippen LogP contribution >= 0.6 is 11.3 Å². The number of hydrogen-bond acceptors (Lipinski definition) is 5. The van der Waals surface area contributed by atoms with Gasteiger partial charge in [0, 0.05) is 51.6 Å². The van der Waals surface area contributed by atoms with Crippen molar-refractivity contribution in [2.75, 3.05) is 26.7 Å². The molecule has 1 unspecified atom stereocenters. The van der Waals surface area contributed by atoms with E-state index in [9.17, 15) is 4.79 Å². The molecule has 2 aliphatic heterocycles. The molecule has 1 spiro atoms. The second kappa shape index (κ2) is 6.87. The molecule has 3 rings (SSSR count). The van der Waals surface area contributed by atoms with Gasteiger partial charge in [-0.15, -0.1) is 11.3 Å². The standard InChI is InChI=1S/C17H27N3O2S/c1-13-18-15(12-23-13)11-20-7-5-17(6-8-20)10-16(4-9-22-17)19(3)14(2)21/h12,16H,4-11H2,1-3H3. The van der Waals surface area contributed by atoms with Crippen LogP contribution in [0.25, 0.3) is 0 Å². The fourth-order valence-corrected chi connectivity index (χ4v) is 4.37. The van der Waals surface area contributed by atoms with Crippen molar-refractivity contribution in [3.63, 3.8) is 0 Å². The Kier molecular flexibility index (Phi) is 5.04. The molecular formula is C17H27N3O2S. The summed E-state index contributed by atoms with van der Waals surface area (Å²) in [7, 11) is 1.92. The molecular weight excluding hydrogens is 310 g/mol. The molecule has 6 heteroatoms. The molecule has 0 radical (unpaired) electrons. The fraction of sp³-hybridized carbons (Fsp3) is 0.765. The van der Waals surface area contributed by atoms with E-state index in [0.29, 0.717) is 6.04 Å². The predicted octanol–water partition coefficient (Wildman–Crippen LogP) is 2.44. The van der Waals surface area contributed by atoms with Gasteiger partial charge in [0.2, 0.25) is 5.91 Å². The zero-order valence-electron chi connectivity index (χ0n) is 14.4. The van der Waals surface area contributed by atoms with Gasteiger partial charge >= 0.3 is 0 Å². The van der Waals surface area contributed by atoms with Gasteiger partial charge in [0.15, 0.2) is 0 Å². The van der Waals surface area contributed by atoms with Gasteiger partial charge in [-0.1, -0.05) is 0 Å². The van der Waals surface area contributed by atoms with Gasteiger partial charge < -0.3 is 9.64 Å². The van der Waals surface area contributed by atoms with E-state index in [-0.39, 0.29) is 11.5 Å². The number of thiazole rings is 1. The summed E-state index contributed by atoms with van der Waals surface area (Å²) in [4.78, 5) is 20.6. The second-order valence-corrected chi connectivity index (χ2v) is 8.00. The maximum absolute atomic E-state index is 11.6. The van der Waals surface area contributed by atoms with E-state index in [2.05, 4.69) is 22.2 Å². The minimum atomic E-state index is -0.0267. The molecule has 1 aromatic rings. The molecule has 128 valence electrons. The Balaban J connectivity index is 1.55. The van der Waals surface area contributed by atoms with Gasteiger partial charge in [-0.05, 0) is 32.6 Å². The highest BCUT2D eigenvalue weighted by Gasteiger charge is 2.41. The average molecular weight is 337 g/mol. The highest BCUT2D eigenvalue weighted by Crippen LogP contribution is 2.36. The molecule has 2 aliphatic rings. The zero-order valence-corrected chi connectivity index (χ0v) is 15.2. The third-order valence-electron chi connectivity index (χ3n) is 5.33. The van der Waals surface area contributed by atoms with Gasteiger partial charge in [0.05, 0.1) is 16.3 Å². The van der Waals surface area contributed by atoms with Crippen molar-refractivity contribution in [3.05, 3.63) is 16.1 Å². The SMILES string of the molecule is CC(=O)N(C)C1CCOC2(CCN(Cc3csc(C)n3)CC2)C1. The van der Waals surface area contributed by atoms with E-state index in [1.165, 1.54) is 5.69 Å². The summed E-state index contributed by atoms with van der Waals surface area (Å²) in [5.74, 6) is 0.156. The molecule has 3 heterocycles. The minimum Gasteiger partial charge on any atom is -0.375 e. The summed E-state index contributed by atoms with van der Waals surface area (Å²) in [5.41, 5.74) is 1.16. The van der Waals surface area contributed by atoms with Crippen molar-refractivity contribution in [1.29, 1.82) is 0 Å². The van der Waals surface area contributed by atoms with Gasteiger partial charge in [-0.25, -0.2) is 4.98 Å². The Morgan fingerprint density at radius 3 is 2.87 bits per heavy atom. The third kappa shape index (κ3) is 3.92. The number of carbonyl (C=O) groups is 1. The molecule has 23 heavy (non-hydrogen) atoms. The molecule has 0 saturated carbocycles. The van der Waals surface area contributed by atoms with Crippen LogP contribution in [0.15, 0.2) is 5.38 Å². The summed E-state index contributed by atoms with van der Waals surface area (Å²) in [5, 5.41) is 3.30. The first-order chi connectivity index (χ1) is 11.0. The largest absolute Gasteiger partial charge is 0.375 e. The number of nitrogens with zero attached hydrogens (tertiary/aromatic N) is 3. The number of hydrogen-bond donors (Lipinski definition) is 0. The van der Waals surface area contributed by atoms with Crippen LogP contribution in [0.5, 0.6) is 0 Å². The highest BCUT2D eigenvalue weighted by atomic mass is 32.1. The smallest absolute Gasteiger partial charge is 0.219 e. The highest BCUT2D eigenvalue weighted by molar-refractivity contribution is 7.09. The monoisotopic (exact) mass is 337 g/mol. The van der Waals surface area contributed by atoms with E-state index in [0.717, 1.165) is 56.9 Å². The lowest BCUT2D eigenvalue weighted by Gasteiger charge is -2.47. The molecule has 5 nitrogen and oxygen atoms in total. The first-order valence-electron chi connectivity index (χ1n) is 8.48. The number of ether oxygens (including phenoxy) is 1. The first kappa shape index (κ1) is 16.9. The summed E-state index contributed by atoms with van der Waals surface area (Å²) in [6.07, 6.45) is 4.04. The predicted molar refractivity (Wildman–Crippen MR) is 91.5 cm³/mol. The number of aromatic nitrogens is 1. The average Bonchev–Trinajstić information content (AvgIpc) is 2.94. The van der Waals surface area contributed by atoms with Crippen molar-refractivity contribution in [2.45, 2.75) is 57.7 Å². The molecule has 0 aliphatic carbocycles. The topological polar surface area (TPSA) is 45.7 Å². The molecule has 2 saturated heterocycles. The van der Waals surface area contributed by atoms with Crippen LogP contribution in [0.1, 0.15) is 43.3 Å². The molecule has 0 aromatic carbocycles. The van der Waals surface area contributed by atoms with Crippen LogP contribution in [-0.2, 0) is 16.1 Å². The molecule has 1 aromatic heterocycles. The van der Waals surface area contributed by atoms with Gasteiger partial charge in [-0.2, -0.15) is 0 Å². The van der Waals surface area contributed by atoms with Crippen LogP contribution in [0.3, 0.4) is 0 Å². The van der Waals surface area contributed by atoms with Crippen molar-refractivity contribution in [3.8, 4) is 0 Å². The summed E-state index contributed by atoms with van der Waals surface area (Å²) in [6, 6.07) is 0.328. The van der Waals surface area contributed by atoms with Crippen molar-refractivity contribution >= 4 is 17.2 Å². The lowest BCUT2D eigenvalue weighted by molar-refractivity contribution is -0.147. The lowest BCUT2D eigenvalue weighted by atomic mass is 9.82. The van der Waals surface area contributed by atoms with Crippen LogP contribution in [0.4, 0.5) is 0 Å². The van der Waals surface area contributed by atoms with Crippen LogP contribution < -0.4 is 0 Å². The molecule has 1 amide bonds. The Hall–Kier alpha value is -0.980. The van der Waals surface area contributed by atoms with Crippen LogP contribution in [0, 0.1) is 6.92 Å². The van der Waals surface area contributed by atoms with E-state index < -0.39 is 0 Å². The van der Waals surface area contributed by atoms with Gasteiger partial charge in [0.25, 0.3) is 0 Å². The summed E-state index contributed by atoms with van der Waals surface area (Å²) < 4.78 is 6.19. The molecule has 1 atom stereocenters. The maximum Gasteiger partial charge on any atom is 0.219 e. The van der Waals surface area contributed by atoms with Crippen LogP contribution in [0.2, 0.25) is 0 Å². The normalized spacial score (nSPS) is 24.7. The fourth-order valence-electron chi connectivity index (χ4n) is 3.77. The Bertz CT molecular complexity index is 552. The van der Waals surface area contributed by atoms with Crippen molar-refractivity contribution in [2.24, 2.45) is 0 Å². The van der Waals surface area contributed by atoms with Crippen molar-refractivity contribution < 1.29 is 9.53 Å². The number of carbonyl (C=O) groups excluding carboxylic acids is 1. The number of piperidine rings is 1. The molecule has 0 bridgehead atoms.